The number of aromatic hydroxyl groups is 1. The van der Waals surface area contributed by atoms with E-state index in [2.05, 4.69) is 0 Å². The molecule has 0 heterocycles. The van der Waals surface area contributed by atoms with E-state index in [9.17, 15) is 14.7 Å². The Bertz CT molecular complexity index is 866. The van der Waals surface area contributed by atoms with Gasteiger partial charge in [-0.15, -0.1) is 0 Å². The first kappa shape index (κ1) is 16.5. The molecule has 0 atom stereocenters. The van der Waals surface area contributed by atoms with E-state index in [4.69, 9.17) is 4.74 Å². The predicted octanol–water partition coefficient (Wildman–Crippen LogP) is 4.04. The second-order valence-electron chi connectivity index (χ2n) is 5.50. The highest BCUT2D eigenvalue weighted by Crippen LogP contribution is 2.17. The van der Waals surface area contributed by atoms with Crippen LogP contribution in [0.2, 0.25) is 0 Å². The molecule has 0 aliphatic rings. The van der Waals surface area contributed by atoms with Crippen LogP contribution in [0.3, 0.4) is 0 Å². The maximum atomic E-state index is 12.3. The fourth-order valence-corrected chi connectivity index (χ4v) is 2.32. The Morgan fingerprint density at radius 3 is 1.80 bits per heavy atom. The van der Waals surface area contributed by atoms with Gasteiger partial charge in [0.2, 0.25) is 11.6 Å². The van der Waals surface area contributed by atoms with Gasteiger partial charge in [0.05, 0.1) is 0 Å². The summed E-state index contributed by atoms with van der Waals surface area (Å²) in [5.41, 5.74) is 1.59. The molecule has 0 amide bonds. The van der Waals surface area contributed by atoms with E-state index < -0.39 is 11.6 Å². The van der Waals surface area contributed by atoms with Crippen LogP contribution in [0.5, 0.6) is 11.5 Å². The van der Waals surface area contributed by atoms with Gasteiger partial charge in [-0.2, -0.15) is 0 Å². The molecule has 25 heavy (non-hydrogen) atoms. The van der Waals surface area contributed by atoms with Gasteiger partial charge in [-0.25, -0.2) is 0 Å². The van der Waals surface area contributed by atoms with Crippen molar-refractivity contribution in [2.75, 3.05) is 0 Å². The molecule has 0 bridgehead atoms. The Morgan fingerprint density at radius 1 is 0.720 bits per heavy atom. The average Bonchev–Trinajstić information content (AvgIpc) is 2.67. The summed E-state index contributed by atoms with van der Waals surface area (Å²) >= 11 is 0. The van der Waals surface area contributed by atoms with Gasteiger partial charge in [-0.1, -0.05) is 30.3 Å². The molecule has 0 saturated carbocycles. The van der Waals surface area contributed by atoms with Crippen molar-refractivity contribution in [3.05, 3.63) is 95.6 Å². The molecule has 3 aromatic rings. The van der Waals surface area contributed by atoms with Crippen LogP contribution in [0, 0.1) is 0 Å². The molecule has 1 N–H and O–H groups in total. The lowest BCUT2D eigenvalue weighted by molar-refractivity contribution is 0.0817. The Balaban J connectivity index is 1.66. The van der Waals surface area contributed by atoms with Crippen molar-refractivity contribution in [2.45, 2.75) is 6.61 Å². The molecule has 0 fully saturated rings. The number of carbonyl (C=O) groups excluding carboxylic acids is 2. The summed E-state index contributed by atoms with van der Waals surface area (Å²) in [6.07, 6.45) is 0. The molecule has 3 rings (SSSR count). The molecular weight excluding hydrogens is 316 g/mol. The van der Waals surface area contributed by atoms with E-state index in [1.807, 2.05) is 30.3 Å². The molecule has 0 aliphatic carbocycles. The second kappa shape index (κ2) is 7.45. The Kier molecular flexibility index (Phi) is 4.90. The van der Waals surface area contributed by atoms with Crippen molar-refractivity contribution in [1.29, 1.82) is 0 Å². The highest BCUT2D eigenvalue weighted by molar-refractivity contribution is 6.49. The second-order valence-corrected chi connectivity index (χ2v) is 5.50. The molecular formula is C21H16O4. The third-order valence-corrected chi connectivity index (χ3v) is 3.70. The van der Waals surface area contributed by atoms with Crippen LogP contribution >= 0.6 is 0 Å². The van der Waals surface area contributed by atoms with E-state index >= 15 is 0 Å². The molecule has 0 unspecified atom stereocenters. The number of Topliss-reactive ketones (excluding diaryl/α,β-unsaturated/α-hetero) is 2. The van der Waals surface area contributed by atoms with Crippen LogP contribution < -0.4 is 4.74 Å². The zero-order valence-electron chi connectivity index (χ0n) is 13.4. The zero-order valence-corrected chi connectivity index (χ0v) is 13.4. The lowest BCUT2D eigenvalue weighted by Crippen LogP contribution is -2.14. The SMILES string of the molecule is O=C(C(=O)c1ccc(OCc2ccccc2)cc1)c1ccc(O)cc1. The largest absolute Gasteiger partial charge is 0.508 e. The van der Waals surface area contributed by atoms with E-state index in [1.54, 1.807) is 24.3 Å². The van der Waals surface area contributed by atoms with Gasteiger partial charge in [0.25, 0.3) is 0 Å². The molecule has 3 aromatic carbocycles. The number of ether oxygens (including phenoxy) is 1. The maximum absolute atomic E-state index is 12.3. The number of benzene rings is 3. The van der Waals surface area contributed by atoms with Gasteiger partial charge in [0.15, 0.2) is 0 Å². The van der Waals surface area contributed by atoms with Crippen LogP contribution in [-0.4, -0.2) is 16.7 Å². The van der Waals surface area contributed by atoms with Gasteiger partial charge in [0, 0.05) is 11.1 Å². The van der Waals surface area contributed by atoms with Gasteiger partial charge < -0.3 is 9.84 Å². The minimum Gasteiger partial charge on any atom is -0.508 e. The number of hydrogen-bond donors (Lipinski definition) is 1. The van der Waals surface area contributed by atoms with Crippen LogP contribution in [0.15, 0.2) is 78.9 Å². The Morgan fingerprint density at radius 2 is 1.24 bits per heavy atom. The third-order valence-electron chi connectivity index (χ3n) is 3.70. The van der Waals surface area contributed by atoms with Crippen molar-refractivity contribution < 1.29 is 19.4 Å². The van der Waals surface area contributed by atoms with E-state index in [1.165, 1.54) is 24.3 Å². The van der Waals surface area contributed by atoms with Gasteiger partial charge in [0.1, 0.15) is 18.1 Å². The van der Waals surface area contributed by atoms with E-state index in [0.29, 0.717) is 17.9 Å². The molecule has 0 saturated heterocycles. The number of ketones is 2. The number of phenols is 1. The topological polar surface area (TPSA) is 63.6 Å². The summed E-state index contributed by atoms with van der Waals surface area (Å²) in [6.45, 7) is 0.431. The van der Waals surface area contributed by atoms with Crippen molar-refractivity contribution in [2.24, 2.45) is 0 Å². The fourth-order valence-electron chi connectivity index (χ4n) is 2.32. The number of rotatable bonds is 6. The molecule has 4 nitrogen and oxygen atoms in total. The van der Waals surface area contributed by atoms with Crippen LogP contribution in [-0.2, 0) is 6.61 Å². The summed E-state index contributed by atoms with van der Waals surface area (Å²) in [7, 11) is 0. The van der Waals surface area contributed by atoms with Crippen molar-refractivity contribution >= 4 is 11.6 Å². The first-order valence-electron chi connectivity index (χ1n) is 7.78. The third kappa shape index (κ3) is 4.12. The first-order chi connectivity index (χ1) is 12.1. The summed E-state index contributed by atoms with van der Waals surface area (Å²) in [5, 5.41) is 9.25. The smallest absolute Gasteiger partial charge is 0.233 e. The zero-order chi connectivity index (χ0) is 17.6. The monoisotopic (exact) mass is 332 g/mol. The number of hydrogen-bond acceptors (Lipinski definition) is 4. The molecule has 0 spiro atoms. The molecule has 124 valence electrons. The molecule has 4 heteroatoms. The van der Waals surface area contributed by atoms with Crippen molar-refractivity contribution in [3.63, 3.8) is 0 Å². The standard InChI is InChI=1S/C21H16O4/c22-18-10-6-16(7-11-18)20(23)21(24)17-8-12-19(13-9-17)25-14-15-4-2-1-3-5-15/h1-13,22H,14H2. The normalized spacial score (nSPS) is 10.2. The average molecular weight is 332 g/mol. The lowest BCUT2D eigenvalue weighted by Gasteiger charge is -2.07. The summed E-state index contributed by atoms with van der Waals surface area (Å²) in [5.74, 6) is -0.542. The molecule has 0 aromatic heterocycles. The Hall–Kier alpha value is -3.40. The summed E-state index contributed by atoms with van der Waals surface area (Å²) in [6, 6.07) is 21.8. The quantitative estimate of drug-likeness (QED) is 0.547. The Labute approximate surface area is 145 Å². The number of carbonyl (C=O) groups is 2. The van der Waals surface area contributed by atoms with E-state index in [0.717, 1.165) is 5.56 Å². The van der Waals surface area contributed by atoms with Crippen LogP contribution in [0.4, 0.5) is 0 Å². The van der Waals surface area contributed by atoms with Gasteiger partial charge >= 0.3 is 0 Å². The van der Waals surface area contributed by atoms with Gasteiger partial charge in [-0.05, 0) is 54.1 Å². The molecule has 0 aliphatic heterocycles. The first-order valence-corrected chi connectivity index (χ1v) is 7.78. The van der Waals surface area contributed by atoms with Crippen LogP contribution in [0.25, 0.3) is 0 Å². The number of phenolic OH excluding ortho intramolecular Hbond substituents is 1. The van der Waals surface area contributed by atoms with Crippen molar-refractivity contribution in [1.82, 2.24) is 0 Å². The molecule has 0 radical (unpaired) electrons. The van der Waals surface area contributed by atoms with Crippen molar-refractivity contribution in [3.8, 4) is 11.5 Å². The summed E-state index contributed by atoms with van der Waals surface area (Å²) in [4.78, 5) is 24.5. The van der Waals surface area contributed by atoms with Gasteiger partial charge in [-0.3, -0.25) is 9.59 Å². The minimum absolute atomic E-state index is 0.0453. The lowest BCUT2D eigenvalue weighted by atomic mass is 10.0. The highest BCUT2D eigenvalue weighted by atomic mass is 16.5. The van der Waals surface area contributed by atoms with E-state index in [-0.39, 0.29) is 11.3 Å². The minimum atomic E-state index is -0.613. The predicted molar refractivity (Wildman–Crippen MR) is 94.0 cm³/mol. The summed E-state index contributed by atoms with van der Waals surface area (Å²) < 4.78 is 5.66. The fraction of sp³-hybridized carbons (Fsp3) is 0.0476. The highest BCUT2D eigenvalue weighted by Gasteiger charge is 2.18. The van der Waals surface area contributed by atoms with Crippen LogP contribution in [0.1, 0.15) is 26.3 Å². The maximum Gasteiger partial charge on any atom is 0.233 e.